The van der Waals surface area contributed by atoms with Gasteiger partial charge in [-0.3, -0.25) is 4.79 Å². The van der Waals surface area contributed by atoms with Crippen molar-refractivity contribution in [2.75, 3.05) is 6.54 Å². The number of hydrogen-bond acceptors (Lipinski definition) is 3. The maximum absolute atomic E-state index is 12.5. The van der Waals surface area contributed by atoms with Crippen LogP contribution in [0.3, 0.4) is 0 Å². The molecule has 1 aromatic rings. The van der Waals surface area contributed by atoms with Gasteiger partial charge in [0, 0.05) is 36.1 Å². The van der Waals surface area contributed by atoms with Crippen LogP contribution in [0.4, 0.5) is 0 Å². The average molecular weight is 348 g/mol. The van der Waals surface area contributed by atoms with Crippen LogP contribution in [-0.2, 0) is 11.3 Å². The molecule has 0 saturated heterocycles. The normalized spacial score (nSPS) is 21.3. The Balaban J connectivity index is 1.78. The molecule has 0 radical (unpaired) electrons. The molecular weight excluding hydrogens is 326 g/mol. The predicted octanol–water partition coefficient (Wildman–Crippen LogP) is 3.55. The second-order valence-electron chi connectivity index (χ2n) is 6.12. The molecule has 2 aliphatic rings. The number of carbonyl (C=O) groups excluding carboxylic acids is 1. The molecule has 0 saturated carbocycles. The Bertz CT molecular complexity index is 704. The van der Waals surface area contributed by atoms with Gasteiger partial charge < -0.3 is 14.6 Å². The van der Waals surface area contributed by atoms with E-state index in [1.807, 2.05) is 23.8 Å². The number of carbonyl (C=O) groups is 1. The predicted molar refractivity (Wildman–Crippen MR) is 93.5 cm³/mol. The lowest BCUT2D eigenvalue weighted by atomic mass is 9.93. The minimum Gasteiger partial charge on any atom is -0.503 e. The van der Waals surface area contributed by atoms with Crippen LogP contribution in [0.15, 0.2) is 52.8 Å². The highest BCUT2D eigenvalue weighted by Crippen LogP contribution is 2.35. The average Bonchev–Trinajstić information content (AvgIpc) is 3.16. The molecule has 1 atom stereocenters. The Kier molecular flexibility index (Phi) is 5.09. The van der Waals surface area contributed by atoms with Crippen molar-refractivity contribution in [1.29, 1.82) is 0 Å². The molecule has 1 unspecified atom stereocenters. The van der Waals surface area contributed by atoms with Gasteiger partial charge in [-0.25, -0.2) is 4.98 Å². The summed E-state index contributed by atoms with van der Waals surface area (Å²) in [5, 5.41) is 11.1. The molecule has 24 heavy (non-hydrogen) atoms. The van der Waals surface area contributed by atoms with E-state index < -0.39 is 0 Å². The number of aliphatic hydroxyl groups excluding tert-OH is 1. The van der Waals surface area contributed by atoms with Gasteiger partial charge in [0.15, 0.2) is 5.76 Å². The fourth-order valence-corrected chi connectivity index (χ4v) is 3.64. The highest BCUT2D eigenvalue weighted by atomic mass is 35.5. The Hall–Kier alpha value is -2.01. The van der Waals surface area contributed by atoms with E-state index in [-0.39, 0.29) is 17.7 Å². The van der Waals surface area contributed by atoms with E-state index in [0.717, 1.165) is 42.0 Å². The molecule has 1 amide bonds. The standard InChI is InChI=1S/C18H22ClN3O2/c1-2-15-16(13-5-3-6-14(19)11-13)22(18(24)17(15)23)9-4-8-21-10-7-20-12-21/h5,7,10-12,16,23H,2-4,6,8-9H2,1H3. The lowest BCUT2D eigenvalue weighted by Gasteiger charge is -2.29. The number of aryl methyl sites for hydroxylation is 1. The van der Waals surface area contributed by atoms with Crippen LogP contribution in [-0.4, -0.2) is 38.1 Å². The molecule has 0 bridgehead atoms. The van der Waals surface area contributed by atoms with Crippen molar-refractivity contribution in [2.45, 2.75) is 45.2 Å². The van der Waals surface area contributed by atoms with Crippen LogP contribution in [0.25, 0.3) is 0 Å². The number of hydrogen-bond donors (Lipinski definition) is 1. The Morgan fingerprint density at radius 2 is 2.25 bits per heavy atom. The Morgan fingerprint density at radius 1 is 1.42 bits per heavy atom. The molecule has 1 aliphatic carbocycles. The molecular formula is C18H22ClN3O2. The molecule has 1 N–H and O–H groups in total. The van der Waals surface area contributed by atoms with Crippen molar-refractivity contribution in [2.24, 2.45) is 0 Å². The fraction of sp³-hybridized carbons (Fsp3) is 0.444. The van der Waals surface area contributed by atoms with Gasteiger partial charge in [-0.05, 0) is 37.3 Å². The minimum atomic E-state index is -0.279. The fourth-order valence-electron chi connectivity index (χ4n) is 3.40. The molecule has 0 spiro atoms. The Labute approximate surface area is 146 Å². The summed E-state index contributed by atoms with van der Waals surface area (Å²) in [7, 11) is 0. The summed E-state index contributed by atoms with van der Waals surface area (Å²) >= 11 is 6.20. The van der Waals surface area contributed by atoms with Crippen molar-refractivity contribution in [3.63, 3.8) is 0 Å². The van der Waals surface area contributed by atoms with E-state index in [1.54, 1.807) is 17.4 Å². The largest absolute Gasteiger partial charge is 0.503 e. The maximum atomic E-state index is 12.5. The third-order valence-corrected chi connectivity index (χ3v) is 4.87. The number of amides is 1. The van der Waals surface area contributed by atoms with Gasteiger partial charge in [-0.1, -0.05) is 24.6 Å². The van der Waals surface area contributed by atoms with E-state index in [1.165, 1.54) is 0 Å². The van der Waals surface area contributed by atoms with Crippen LogP contribution in [0.1, 0.15) is 32.6 Å². The van der Waals surface area contributed by atoms with E-state index in [2.05, 4.69) is 11.1 Å². The van der Waals surface area contributed by atoms with Crippen molar-refractivity contribution in [3.8, 4) is 0 Å². The first-order valence-corrected chi connectivity index (χ1v) is 8.74. The first-order chi connectivity index (χ1) is 11.6. The van der Waals surface area contributed by atoms with Crippen LogP contribution in [0.2, 0.25) is 0 Å². The zero-order valence-corrected chi connectivity index (χ0v) is 14.5. The topological polar surface area (TPSA) is 58.4 Å². The first-order valence-electron chi connectivity index (χ1n) is 8.36. The van der Waals surface area contributed by atoms with Gasteiger partial charge in [-0.2, -0.15) is 0 Å². The second kappa shape index (κ2) is 7.26. The van der Waals surface area contributed by atoms with Crippen molar-refractivity contribution in [1.82, 2.24) is 14.5 Å². The third-order valence-electron chi connectivity index (χ3n) is 4.57. The molecule has 1 aliphatic heterocycles. The smallest absolute Gasteiger partial charge is 0.289 e. The first kappa shape index (κ1) is 16.8. The summed E-state index contributed by atoms with van der Waals surface area (Å²) in [6, 6.07) is -0.195. The molecule has 6 heteroatoms. The third kappa shape index (κ3) is 3.26. The summed E-state index contributed by atoms with van der Waals surface area (Å²) in [5.74, 6) is -0.375. The van der Waals surface area contributed by atoms with Crippen LogP contribution >= 0.6 is 11.6 Å². The number of imidazole rings is 1. The zero-order valence-electron chi connectivity index (χ0n) is 13.8. The highest BCUT2D eigenvalue weighted by Gasteiger charge is 2.39. The molecule has 3 rings (SSSR count). The summed E-state index contributed by atoms with van der Waals surface area (Å²) in [5.41, 5.74) is 1.81. The molecule has 5 nitrogen and oxygen atoms in total. The Morgan fingerprint density at radius 3 is 2.92 bits per heavy atom. The number of allylic oxidation sites excluding steroid dienone is 2. The summed E-state index contributed by atoms with van der Waals surface area (Å²) < 4.78 is 1.99. The van der Waals surface area contributed by atoms with Gasteiger partial charge in [0.2, 0.25) is 0 Å². The van der Waals surface area contributed by atoms with Gasteiger partial charge >= 0.3 is 0 Å². The molecule has 2 heterocycles. The summed E-state index contributed by atoms with van der Waals surface area (Å²) in [6.45, 7) is 3.34. The molecule has 0 aromatic carbocycles. The quantitative estimate of drug-likeness (QED) is 0.856. The van der Waals surface area contributed by atoms with Crippen molar-refractivity contribution >= 4 is 17.5 Å². The van der Waals surface area contributed by atoms with E-state index in [9.17, 15) is 9.90 Å². The van der Waals surface area contributed by atoms with Gasteiger partial charge in [0.1, 0.15) is 0 Å². The van der Waals surface area contributed by atoms with E-state index in [4.69, 9.17) is 11.6 Å². The second-order valence-corrected chi connectivity index (χ2v) is 6.60. The van der Waals surface area contributed by atoms with E-state index >= 15 is 0 Å². The molecule has 128 valence electrons. The maximum Gasteiger partial charge on any atom is 0.289 e. The number of aliphatic hydroxyl groups is 1. The summed E-state index contributed by atoms with van der Waals surface area (Å²) in [4.78, 5) is 18.3. The lowest BCUT2D eigenvalue weighted by molar-refractivity contribution is -0.128. The molecule has 1 aromatic heterocycles. The summed E-state index contributed by atoms with van der Waals surface area (Å²) in [6.07, 6.45) is 12.6. The number of nitrogens with zero attached hydrogens (tertiary/aromatic N) is 3. The number of aromatic nitrogens is 2. The zero-order chi connectivity index (χ0) is 17.1. The van der Waals surface area contributed by atoms with Crippen LogP contribution in [0.5, 0.6) is 0 Å². The lowest BCUT2D eigenvalue weighted by Crippen LogP contribution is -2.38. The van der Waals surface area contributed by atoms with Crippen molar-refractivity contribution in [3.05, 3.63) is 52.8 Å². The monoisotopic (exact) mass is 347 g/mol. The highest BCUT2D eigenvalue weighted by molar-refractivity contribution is 6.29. The van der Waals surface area contributed by atoms with Gasteiger partial charge in [0.05, 0.1) is 12.4 Å². The van der Waals surface area contributed by atoms with Gasteiger partial charge in [0.25, 0.3) is 5.91 Å². The minimum absolute atomic E-state index is 0.0962. The number of halogens is 1. The molecule has 0 fully saturated rings. The van der Waals surface area contributed by atoms with Gasteiger partial charge in [-0.15, -0.1) is 0 Å². The SMILES string of the molecule is CCC1=C(O)C(=O)N(CCCn2ccnc2)C1C1=CCCC(Cl)=C1. The van der Waals surface area contributed by atoms with Crippen LogP contribution in [0, 0.1) is 0 Å². The van der Waals surface area contributed by atoms with E-state index in [0.29, 0.717) is 13.0 Å². The number of rotatable bonds is 6. The van der Waals surface area contributed by atoms with Crippen LogP contribution < -0.4 is 0 Å². The van der Waals surface area contributed by atoms with Crippen molar-refractivity contribution < 1.29 is 9.90 Å².